The lowest BCUT2D eigenvalue weighted by Gasteiger charge is -2.06. The van der Waals surface area contributed by atoms with Crippen LogP contribution in [0.25, 0.3) is 22.6 Å². The van der Waals surface area contributed by atoms with Gasteiger partial charge in [-0.2, -0.15) is 0 Å². The Morgan fingerprint density at radius 2 is 2.00 bits per heavy atom. The number of rotatable bonds is 3. The minimum atomic E-state index is -0.927. The highest BCUT2D eigenvalue weighted by Gasteiger charge is 2.15. The van der Waals surface area contributed by atoms with E-state index in [1.165, 1.54) is 0 Å². The molecule has 3 aromatic rings. The number of aliphatic carboxylic acids is 1. The lowest BCUT2D eigenvalue weighted by molar-refractivity contribution is -0.137. The van der Waals surface area contributed by atoms with Gasteiger partial charge >= 0.3 is 5.97 Å². The molecular weight excluding hydrogens is 278 g/mol. The number of carbonyl (C=O) groups is 1. The van der Waals surface area contributed by atoms with E-state index >= 15 is 0 Å². The van der Waals surface area contributed by atoms with E-state index in [2.05, 4.69) is 9.97 Å². The fourth-order valence-corrected chi connectivity index (χ4v) is 2.20. The first-order valence-electron chi connectivity index (χ1n) is 5.94. The highest BCUT2D eigenvalue weighted by Crippen LogP contribution is 2.24. The van der Waals surface area contributed by atoms with Crippen molar-refractivity contribution in [3.8, 4) is 11.4 Å². The summed E-state index contributed by atoms with van der Waals surface area (Å²) in [5.41, 5.74) is 2.02. The van der Waals surface area contributed by atoms with Gasteiger partial charge in [-0.3, -0.25) is 4.79 Å². The van der Waals surface area contributed by atoms with Crippen LogP contribution in [0.3, 0.4) is 0 Å². The SMILES string of the molecule is O=C(O)Cn1c(-c2ccc(Cl)cc2)nc2ncccc21. The Morgan fingerprint density at radius 1 is 1.25 bits per heavy atom. The summed E-state index contributed by atoms with van der Waals surface area (Å²) in [5.74, 6) is -0.360. The summed E-state index contributed by atoms with van der Waals surface area (Å²) >= 11 is 5.87. The monoisotopic (exact) mass is 287 g/mol. The summed E-state index contributed by atoms with van der Waals surface area (Å²) in [6.45, 7) is -0.167. The zero-order chi connectivity index (χ0) is 14.1. The molecule has 0 aliphatic rings. The number of carboxylic acid groups (broad SMARTS) is 1. The Bertz CT molecular complexity index is 781. The van der Waals surface area contributed by atoms with Gasteiger partial charge in [0.1, 0.15) is 12.4 Å². The van der Waals surface area contributed by atoms with Crippen LogP contribution in [0.15, 0.2) is 42.6 Å². The Kier molecular flexibility index (Phi) is 3.12. The van der Waals surface area contributed by atoms with Gasteiger partial charge in [-0.1, -0.05) is 11.6 Å². The van der Waals surface area contributed by atoms with Crippen LogP contribution in [-0.2, 0) is 11.3 Å². The highest BCUT2D eigenvalue weighted by molar-refractivity contribution is 6.30. The lowest BCUT2D eigenvalue weighted by atomic mass is 10.2. The predicted octanol–water partition coefficient (Wildman–Crippen LogP) is 2.84. The number of fused-ring (bicyclic) bond motifs is 1. The number of imidazole rings is 1. The molecular formula is C14H10ClN3O2. The average molecular weight is 288 g/mol. The predicted molar refractivity (Wildman–Crippen MR) is 75.6 cm³/mol. The van der Waals surface area contributed by atoms with Crippen molar-refractivity contribution in [2.45, 2.75) is 6.54 Å². The van der Waals surface area contributed by atoms with Crippen molar-refractivity contribution in [1.29, 1.82) is 0 Å². The second kappa shape index (κ2) is 4.94. The fraction of sp³-hybridized carbons (Fsp3) is 0.0714. The van der Waals surface area contributed by atoms with E-state index in [0.29, 0.717) is 22.0 Å². The molecule has 2 aromatic heterocycles. The van der Waals surface area contributed by atoms with E-state index in [4.69, 9.17) is 16.7 Å². The molecule has 0 amide bonds. The minimum absolute atomic E-state index is 0.167. The lowest BCUT2D eigenvalue weighted by Crippen LogP contribution is -2.10. The molecule has 1 aromatic carbocycles. The van der Waals surface area contributed by atoms with Crippen LogP contribution in [0, 0.1) is 0 Å². The number of nitrogens with zero attached hydrogens (tertiary/aromatic N) is 3. The van der Waals surface area contributed by atoms with E-state index in [-0.39, 0.29) is 6.54 Å². The summed E-state index contributed by atoms with van der Waals surface area (Å²) in [7, 11) is 0. The first-order valence-corrected chi connectivity index (χ1v) is 6.32. The Balaban J connectivity index is 2.23. The van der Waals surface area contributed by atoms with E-state index in [1.807, 2.05) is 12.1 Å². The van der Waals surface area contributed by atoms with Gasteiger partial charge < -0.3 is 9.67 Å². The van der Waals surface area contributed by atoms with Crippen LogP contribution >= 0.6 is 11.6 Å². The maximum Gasteiger partial charge on any atom is 0.323 e. The van der Waals surface area contributed by atoms with Crippen molar-refractivity contribution < 1.29 is 9.90 Å². The summed E-state index contributed by atoms with van der Waals surface area (Å²) in [5, 5.41) is 9.69. The van der Waals surface area contributed by atoms with Crippen LogP contribution in [0.4, 0.5) is 0 Å². The van der Waals surface area contributed by atoms with Crippen LogP contribution in [0.5, 0.6) is 0 Å². The largest absolute Gasteiger partial charge is 0.480 e. The van der Waals surface area contributed by atoms with Gasteiger partial charge in [-0.15, -0.1) is 0 Å². The molecule has 6 heteroatoms. The number of halogens is 1. The van der Waals surface area contributed by atoms with Crippen molar-refractivity contribution in [2.24, 2.45) is 0 Å². The van der Waals surface area contributed by atoms with Crippen molar-refractivity contribution in [2.75, 3.05) is 0 Å². The zero-order valence-electron chi connectivity index (χ0n) is 10.3. The molecule has 0 bridgehead atoms. The summed E-state index contributed by atoms with van der Waals surface area (Å²) in [4.78, 5) is 19.6. The van der Waals surface area contributed by atoms with Crippen molar-refractivity contribution in [3.05, 3.63) is 47.6 Å². The Labute approximate surface area is 119 Å². The number of carboxylic acids is 1. The number of hydrogen-bond acceptors (Lipinski definition) is 3. The zero-order valence-corrected chi connectivity index (χ0v) is 11.1. The molecule has 0 aliphatic heterocycles. The molecule has 100 valence electrons. The second-order valence-electron chi connectivity index (χ2n) is 4.27. The smallest absolute Gasteiger partial charge is 0.323 e. The minimum Gasteiger partial charge on any atom is -0.480 e. The summed E-state index contributed by atoms with van der Waals surface area (Å²) < 4.78 is 1.63. The Hall–Kier alpha value is -2.40. The molecule has 0 spiro atoms. The molecule has 0 saturated carbocycles. The number of aromatic nitrogens is 3. The first kappa shape index (κ1) is 12.6. The van der Waals surface area contributed by atoms with E-state index in [1.54, 1.807) is 35.0 Å². The van der Waals surface area contributed by atoms with Crippen LogP contribution in [0.1, 0.15) is 0 Å². The number of hydrogen-bond donors (Lipinski definition) is 1. The van der Waals surface area contributed by atoms with Crippen molar-refractivity contribution in [1.82, 2.24) is 14.5 Å². The maximum atomic E-state index is 11.1. The van der Waals surface area contributed by atoms with Gasteiger partial charge in [0, 0.05) is 16.8 Å². The molecule has 1 N–H and O–H groups in total. The second-order valence-corrected chi connectivity index (χ2v) is 4.70. The van der Waals surface area contributed by atoms with Gasteiger partial charge in [0.2, 0.25) is 0 Å². The van der Waals surface area contributed by atoms with Crippen LogP contribution < -0.4 is 0 Å². The standard InChI is InChI=1S/C14H10ClN3O2/c15-10-5-3-9(4-6-10)14-17-13-11(2-1-7-16-13)18(14)8-12(19)20/h1-7H,8H2,(H,19,20). The topological polar surface area (TPSA) is 68.0 Å². The molecule has 0 aliphatic carbocycles. The van der Waals surface area contributed by atoms with E-state index in [0.717, 1.165) is 5.56 Å². The third-order valence-corrected chi connectivity index (χ3v) is 3.17. The highest BCUT2D eigenvalue weighted by atomic mass is 35.5. The van der Waals surface area contributed by atoms with Gasteiger partial charge in [0.25, 0.3) is 0 Å². The maximum absolute atomic E-state index is 11.1. The third kappa shape index (κ3) is 2.23. The molecule has 20 heavy (non-hydrogen) atoms. The molecule has 0 fully saturated rings. The molecule has 5 nitrogen and oxygen atoms in total. The summed E-state index contributed by atoms with van der Waals surface area (Å²) in [6, 6.07) is 10.7. The quantitative estimate of drug-likeness (QED) is 0.804. The molecule has 3 rings (SSSR count). The molecule has 0 saturated heterocycles. The molecule has 2 heterocycles. The number of benzene rings is 1. The van der Waals surface area contributed by atoms with Gasteiger partial charge in [0.05, 0.1) is 5.52 Å². The van der Waals surface area contributed by atoms with Gasteiger partial charge in [-0.25, -0.2) is 9.97 Å². The summed E-state index contributed by atoms with van der Waals surface area (Å²) in [6.07, 6.45) is 1.63. The number of pyridine rings is 1. The van der Waals surface area contributed by atoms with Gasteiger partial charge in [0.15, 0.2) is 5.65 Å². The van der Waals surface area contributed by atoms with Crippen molar-refractivity contribution >= 4 is 28.7 Å². The third-order valence-electron chi connectivity index (χ3n) is 2.92. The van der Waals surface area contributed by atoms with E-state index < -0.39 is 5.97 Å². The molecule has 0 unspecified atom stereocenters. The Morgan fingerprint density at radius 3 is 2.70 bits per heavy atom. The van der Waals surface area contributed by atoms with Crippen molar-refractivity contribution in [3.63, 3.8) is 0 Å². The fourth-order valence-electron chi connectivity index (χ4n) is 2.07. The van der Waals surface area contributed by atoms with E-state index in [9.17, 15) is 4.79 Å². The van der Waals surface area contributed by atoms with Crippen LogP contribution in [0.2, 0.25) is 5.02 Å². The molecule has 0 atom stereocenters. The normalized spacial score (nSPS) is 10.8. The molecule has 0 radical (unpaired) electrons. The van der Waals surface area contributed by atoms with Crippen LogP contribution in [-0.4, -0.2) is 25.6 Å². The average Bonchev–Trinajstić information content (AvgIpc) is 2.78. The first-order chi connectivity index (χ1) is 9.65. The van der Waals surface area contributed by atoms with Gasteiger partial charge in [-0.05, 0) is 36.4 Å².